The van der Waals surface area contributed by atoms with Crippen LogP contribution in [0.1, 0.15) is 46.1 Å². The van der Waals surface area contributed by atoms with Gasteiger partial charge in [0.1, 0.15) is 5.75 Å². The molecular formula is C17H26BrNO. The summed E-state index contributed by atoms with van der Waals surface area (Å²) < 4.78 is 6.91. The van der Waals surface area contributed by atoms with Crippen molar-refractivity contribution >= 4 is 22.0 Å². The van der Waals surface area contributed by atoms with Crippen LogP contribution in [0.2, 0.25) is 0 Å². The minimum absolute atomic E-state index is 0.503. The van der Waals surface area contributed by atoms with Crippen LogP contribution >= 0.6 is 15.9 Å². The van der Waals surface area contributed by atoms with E-state index in [2.05, 4.69) is 61.1 Å². The van der Waals surface area contributed by atoms with Crippen molar-refractivity contribution in [3.63, 3.8) is 0 Å². The zero-order valence-electron chi connectivity index (χ0n) is 13.0. The molecule has 0 aliphatic rings. The Kier molecular flexibility index (Phi) is 7.93. The molecule has 0 spiro atoms. The van der Waals surface area contributed by atoms with Crippen LogP contribution in [0.4, 0.5) is 0 Å². The van der Waals surface area contributed by atoms with E-state index in [9.17, 15) is 0 Å². The van der Waals surface area contributed by atoms with Crippen molar-refractivity contribution < 1.29 is 4.74 Å². The van der Waals surface area contributed by atoms with Gasteiger partial charge in [0.05, 0.1) is 6.61 Å². The molecule has 0 bridgehead atoms. The molecule has 1 N–H and O–H groups in total. The lowest BCUT2D eigenvalue weighted by molar-refractivity contribution is 0.316. The van der Waals surface area contributed by atoms with Gasteiger partial charge in [0.15, 0.2) is 0 Å². The van der Waals surface area contributed by atoms with Gasteiger partial charge in [0.2, 0.25) is 0 Å². The number of benzene rings is 1. The smallest absolute Gasteiger partial charge is 0.126 e. The molecule has 0 unspecified atom stereocenters. The van der Waals surface area contributed by atoms with E-state index in [1.54, 1.807) is 0 Å². The molecule has 112 valence electrons. The van der Waals surface area contributed by atoms with Gasteiger partial charge in [-0.05, 0) is 31.0 Å². The highest BCUT2D eigenvalue weighted by molar-refractivity contribution is 9.10. The third kappa shape index (κ3) is 6.10. The molecule has 0 atom stereocenters. The van der Waals surface area contributed by atoms with Gasteiger partial charge < -0.3 is 10.1 Å². The molecule has 1 aromatic carbocycles. The van der Waals surface area contributed by atoms with Crippen LogP contribution in [0.5, 0.6) is 5.75 Å². The first kappa shape index (κ1) is 17.3. The highest BCUT2D eigenvalue weighted by atomic mass is 79.9. The van der Waals surface area contributed by atoms with E-state index in [0.717, 1.165) is 41.8 Å². The first-order chi connectivity index (χ1) is 9.56. The average Bonchev–Trinajstić information content (AvgIpc) is 2.42. The fourth-order valence-electron chi connectivity index (χ4n) is 1.81. The third-order valence-electron chi connectivity index (χ3n) is 2.98. The topological polar surface area (TPSA) is 21.3 Å². The lowest BCUT2D eigenvalue weighted by Gasteiger charge is -2.13. The highest BCUT2D eigenvalue weighted by Crippen LogP contribution is 2.26. The molecule has 3 heteroatoms. The lowest BCUT2D eigenvalue weighted by atomic mass is 10.1. The Balaban J connectivity index is 2.93. The second-order valence-electron chi connectivity index (χ2n) is 5.22. The van der Waals surface area contributed by atoms with Gasteiger partial charge in [-0.3, -0.25) is 0 Å². The summed E-state index contributed by atoms with van der Waals surface area (Å²) in [7, 11) is 0. The van der Waals surface area contributed by atoms with Crippen LogP contribution in [0.25, 0.3) is 6.08 Å². The monoisotopic (exact) mass is 339 g/mol. The number of rotatable bonds is 8. The molecule has 0 saturated carbocycles. The number of hydrogen-bond acceptors (Lipinski definition) is 2. The molecule has 0 fully saturated rings. The maximum Gasteiger partial charge on any atom is 0.126 e. The molecule has 0 aliphatic carbocycles. The van der Waals surface area contributed by atoms with E-state index in [1.165, 1.54) is 5.57 Å². The number of halogens is 1. The Morgan fingerprint density at radius 2 is 2.10 bits per heavy atom. The molecule has 1 aromatic rings. The van der Waals surface area contributed by atoms with Gasteiger partial charge in [-0.25, -0.2) is 0 Å². The fourth-order valence-corrected chi connectivity index (χ4v) is 2.19. The van der Waals surface area contributed by atoms with Crippen molar-refractivity contribution in [1.82, 2.24) is 5.32 Å². The number of ether oxygens (including phenoxy) is 1. The number of nitrogens with one attached hydrogen (secondary N) is 1. The Morgan fingerprint density at radius 3 is 2.70 bits per heavy atom. The van der Waals surface area contributed by atoms with Crippen LogP contribution in [0, 0.1) is 0 Å². The Labute approximate surface area is 131 Å². The molecule has 20 heavy (non-hydrogen) atoms. The normalized spacial score (nSPS) is 12.0. The zero-order valence-corrected chi connectivity index (χ0v) is 14.6. The maximum absolute atomic E-state index is 5.83. The Morgan fingerprint density at radius 1 is 1.35 bits per heavy atom. The quantitative estimate of drug-likeness (QED) is 0.717. The van der Waals surface area contributed by atoms with E-state index in [0.29, 0.717) is 6.04 Å². The van der Waals surface area contributed by atoms with Gasteiger partial charge in [-0.15, -0.1) is 0 Å². The van der Waals surface area contributed by atoms with Crippen LogP contribution < -0.4 is 10.1 Å². The first-order valence-corrected chi connectivity index (χ1v) is 8.21. The van der Waals surface area contributed by atoms with Crippen molar-refractivity contribution in [3.8, 4) is 5.75 Å². The molecule has 0 radical (unpaired) electrons. The van der Waals surface area contributed by atoms with Crippen molar-refractivity contribution in [2.24, 2.45) is 0 Å². The molecule has 2 nitrogen and oxygen atoms in total. The van der Waals surface area contributed by atoms with E-state index in [4.69, 9.17) is 4.74 Å². The van der Waals surface area contributed by atoms with Crippen molar-refractivity contribution in [2.75, 3.05) is 13.2 Å². The van der Waals surface area contributed by atoms with Crippen LogP contribution in [-0.4, -0.2) is 19.2 Å². The Hall–Kier alpha value is -0.800. The molecule has 0 aromatic heterocycles. The lowest BCUT2D eigenvalue weighted by Crippen LogP contribution is -2.24. The van der Waals surface area contributed by atoms with E-state index < -0.39 is 0 Å². The van der Waals surface area contributed by atoms with Gasteiger partial charge in [0.25, 0.3) is 0 Å². The summed E-state index contributed by atoms with van der Waals surface area (Å²) in [5, 5.41) is 3.47. The average molecular weight is 340 g/mol. The van der Waals surface area contributed by atoms with Gasteiger partial charge in [-0.2, -0.15) is 0 Å². The predicted octanol–water partition coefficient (Wildman–Crippen LogP) is 5.03. The number of hydrogen-bond donors (Lipinski definition) is 1. The van der Waals surface area contributed by atoms with Crippen molar-refractivity contribution in [1.29, 1.82) is 0 Å². The van der Waals surface area contributed by atoms with Crippen molar-refractivity contribution in [3.05, 3.63) is 33.8 Å². The fraction of sp³-hybridized carbons (Fsp3) is 0.529. The van der Waals surface area contributed by atoms with Crippen LogP contribution in [-0.2, 0) is 0 Å². The third-order valence-corrected chi connectivity index (χ3v) is 3.48. The summed E-state index contributed by atoms with van der Waals surface area (Å²) in [6.07, 6.45) is 4.30. The summed E-state index contributed by atoms with van der Waals surface area (Å²) in [4.78, 5) is 0. The van der Waals surface area contributed by atoms with Crippen LogP contribution in [0.3, 0.4) is 0 Å². The molecular weight excluding hydrogens is 314 g/mol. The largest absolute Gasteiger partial charge is 0.493 e. The maximum atomic E-state index is 5.83. The predicted molar refractivity (Wildman–Crippen MR) is 91.3 cm³/mol. The molecule has 0 heterocycles. The van der Waals surface area contributed by atoms with E-state index in [-0.39, 0.29) is 0 Å². The summed E-state index contributed by atoms with van der Waals surface area (Å²) in [5.41, 5.74) is 2.54. The van der Waals surface area contributed by atoms with E-state index >= 15 is 0 Å². The molecule has 1 rings (SSSR count). The molecule has 0 saturated heterocycles. The van der Waals surface area contributed by atoms with E-state index in [1.807, 2.05) is 12.1 Å². The zero-order chi connectivity index (χ0) is 15.0. The summed E-state index contributed by atoms with van der Waals surface area (Å²) in [6.45, 7) is 10.3. The van der Waals surface area contributed by atoms with Crippen LogP contribution in [0.15, 0.2) is 28.2 Å². The first-order valence-electron chi connectivity index (χ1n) is 7.42. The van der Waals surface area contributed by atoms with Gasteiger partial charge in [0, 0.05) is 22.6 Å². The minimum atomic E-state index is 0.503. The van der Waals surface area contributed by atoms with Gasteiger partial charge >= 0.3 is 0 Å². The SMILES string of the molecule is CCCOc1ccc(Br)cc1C=C(CC)CNC(C)C. The standard InChI is InChI=1S/C17H26BrNO/c1-5-9-20-17-8-7-16(18)11-15(17)10-14(6-2)12-19-13(3)4/h7-8,10-11,13,19H,5-6,9,12H2,1-4H3. The summed E-state index contributed by atoms with van der Waals surface area (Å²) in [6, 6.07) is 6.69. The second kappa shape index (κ2) is 9.19. The second-order valence-corrected chi connectivity index (χ2v) is 6.14. The minimum Gasteiger partial charge on any atom is -0.493 e. The molecule has 0 amide bonds. The highest BCUT2D eigenvalue weighted by Gasteiger charge is 2.04. The molecule has 0 aliphatic heterocycles. The Bertz CT molecular complexity index is 441. The van der Waals surface area contributed by atoms with Crippen molar-refractivity contribution in [2.45, 2.75) is 46.6 Å². The summed E-state index contributed by atoms with van der Waals surface area (Å²) in [5.74, 6) is 0.963. The van der Waals surface area contributed by atoms with Gasteiger partial charge in [-0.1, -0.05) is 55.3 Å². The summed E-state index contributed by atoms with van der Waals surface area (Å²) >= 11 is 3.54.